The molecule has 130 valence electrons. The second-order valence-corrected chi connectivity index (χ2v) is 6.69. The number of fused-ring (bicyclic) bond motifs is 1. The predicted molar refractivity (Wildman–Crippen MR) is 94.7 cm³/mol. The first-order valence-corrected chi connectivity index (χ1v) is 8.85. The summed E-state index contributed by atoms with van der Waals surface area (Å²) < 4.78 is 9.08. The van der Waals surface area contributed by atoms with Crippen molar-refractivity contribution in [2.45, 2.75) is 31.8 Å². The third kappa shape index (κ3) is 3.14. The monoisotopic (exact) mass is 358 g/mol. The summed E-state index contributed by atoms with van der Waals surface area (Å²) in [5.74, 6) is 1.49. The van der Waals surface area contributed by atoms with Gasteiger partial charge in [-0.3, -0.25) is 0 Å². The second kappa shape index (κ2) is 6.52. The maximum Gasteiger partial charge on any atom is 0.337 e. The van der Waals surface area contributed by atoms with E-state index in [1.54, 1.807) is 6.07 Å². The third-order valence-corrected chi connectivity index (χ3v) is 4.88. The van der Waals surface area contributed by atoms with E-state index in [2.05, 4.69) is 19.1 Å². The van der Waals surface area contributed by atoms with Crippen molar-refractivity contribution in [3.8, 4) is 0 Å². The minimum Gasteiger partial charge on any atom is -0.465 e. The number of rotatable bonds is 6. The molecular weight excluding hydrogens is 340 g/mol. The van der Waals surface area contributed by atoms with Crippen LogP contribution in [-0.2, 0) is 23.7 Å². The summed E-state index contributed by atoms with van der Waals surface area (Å²) in [5, 5.41) is 0. The topological polar surface area (TPSA) is 61.9 Å². The standard InChI is InChI=1S/C18H19ClN4O2/c1-25-18(24)13-4-5-15-16(6-13)23(17(7-19)21-15)10-14-8-20-11-22(14)9-12-2-3-12/h4-6,8,11-12H,2-3,7,9-10H2,1H3. The Morgan fingerprint density at radius 1 is 1.40 bits per heavy atom. The first-order valence-electron chi connectivity index (χ1n) is 8.32. The van der Waals surface area contributed by atoms with E-state index in [-0.39, 0.29) is 5.97 Å². The van der Waals surface area contributed by atoms with Crippen molar-refractivity contribution in [3.05, 3.63) is 47.8 Å². The Morgan fingerprint density at radius 3 is 2.96 bits per heavy atom. The van der Waals surface area contributed by atoms with E-state index in [4.69, 9.17) is 16.3 Å². The molecule has 0 saturated heterocycles. The fourth-order valence-corrected chi connectivity index (χ4v) is 3.28. The van der Waals surface area contributed by atoms with Crippen molar-refractivity contribution in [2.24, 2.45) is 5.92 Å². The van der Waals surface area contributed by atoms with Crippen LogP contribution in [0.3, 0.4) is 0 Å². The van der Waals surface area contributed by atoms with Gasteiger partial charge < -0.3 is 13.9 Å². The Balaban J connectivity index is 1.74. The van der Waals surface area contributed by atoms with E-state index >= 15 is 0 Å². The molecule has 1 aliphatic rings. The number of hydrogen-bond acceptors (Lipinski definition) is 4. The number of halogens is 1. The van der Waals surface area contributed by atoms with Crippen LogP contribution < -0.4 is 0 Å². The molecule has 1 aromatic carbocycles. The fourth-order valence-electron chi connectivity index (χ4n) is 3.08. The summed E-state index contributed by atoms with van der Waals surface area (Å²) in [6.07, 6.45) is 6.35. The molecule has 0 bridgehead atoms. The molecule has 0 aliphatic heterocycles. The number of methoxy groups -OCH3 is 1. The first kappa shape index (κ1) is 16.1. The molecule has 1 saturated carbocycles. The molecular formula is C18H19ClN4O2. The van der Waals surface area contributed by atoms with Crippen LogP contribution >= 0.6 is 11.6 Å². The molecule has 1 fully saturated rings. The number of esters is 1. The lowest BCUT2D eigenvalue weighted by molar-refractivity contribution is 0.0601. The van der Waals surface area contributed by atoms with Gasteiger partial charge in [0.25, 0.3) is 0 Å². The van der Waals surface area contributed by atoms with Crippen LogP contribution in [0.2, 0.25) is 0 Å². The summed E-state index contributed by atoms with van der Waals surface area (Å²) >= 11 is 6.11. The van der Waals surface area contributed by atoms with Crippen molar-refractivity contribution < 1.29 is 9.53 Å². The number of alkyl halides is 1. The molecule has 7 heteroatoms. The molecule has 6 nitrogen and oxygen atoms in total. The Hall–Kier alpha value is -2.34. The highest BCUT2D eigenvalue weighted by Crippen LogP contribution is 2.31. The van der Waals surface area contributed by atoms with Crippen molar-refractivity contribution in [3.63, 3.8) is 0 Å². The maximum absolute atomic E-state index is 11.9. The molecule has 0 unspecified atom stereocenters. The van der Waals surface area contributed by atoms with E-state index in [0.29, 0.717) is 18.0 Å². The van der Waals surface area contributed by atoms with Gasteiger partial charge in [-0.15, -0.1) is 11.6 Å². The molecule has 25 heavy (non-hydrogen) atoms. The average molecular weight is 359 g/mol. The Kier molecular flexibility index (Phi) is 4.21. The van der Waals surface area contributed by atoms with Gasteiger partial charge in [-0.1, -0.05) is 0 Å². The van der Waals surface area contributed by atoms with Crippen LogP contribution in [0.15, 0.2) is 30.7 Å². The highest BCUT2D eigenvalue weighted by atomic mass is 35.5. The first-order chi connectivity index (χ1) is 12.2. The Bertz CT molecular complexity index is 926. The number of nitrogens with zero attached hydrogens (tertiary/aromatic N) is 4. The molecule has 2 heterocycles. The van der Waals surface area contributed by atoms with E-state index in [1.807, 2.05) is 24.7 Å². The number of imidazole rings is 2. The van der Waals surface area contributed by atoms with Crippen molar-refractivity contribution in [2.75, 3.05) is 7.11 Å². The van der Waals surface area contributed by atoms with Crippen molar-refractivity contribution >= 4 is 28.6 Å². The van der Waals surface area contributed by atoms with Crippen molar-refractivity contribution in [1.29, 1.82) is 0 Å². The van der Waals surface area contributed by atoms with E-state index in [9.17, 15) is 4.79 Å². The fraction of sp³-hybridized carbons (Fsp3) is 0.389. The summed E-state index contributed by atoms with van der Waals surface area (Å²) in [6.45, 7) is 1.63. The SMILES string of the molecule is COC(=O)c1ccc2nc(CCl)n(Cc3cncn3CC3CC3)c2c1. The average Bonchev–Trinajstić information content (AvgIpc) is 3.24. The van der Waals surface area contributed by atoms with Gasteiger partial charge >= 0.3 is 5.97 Å². The van der Waals surface area contributed by atoms with E-state index in [1.165, 1.54) is 20.0 Å². The number of carbonyl (C=O) groups is 1. The molecule has 2 aromatic heterocycles. The van der Waals surface area contributed by atoms with Gasteiger partial charge in [0.2, 0.25) is 0 Å². The zero-order valence-corrected chi connectivity index (χ0v) is 14.7. The molecule has 3 aromatic rings. The second-order valence-electron chi connectivity index (χ2n) is 6.42. The molecule has 0 radical (unpaired) electrons. The maximum atomic E-state index is 11.9. The Labute approximate surface area is 150 Å². The zero-order valence-electron chi connectivity index (χ0n) is 14.0. The van der Waals surface area contributed by atoms with Crippen LogP contribution in [0, 0.1) is 5.92 Å². The van der Waals surface area contributed by atoms with Gasteiger partial charge in [0.15, 0.2) is 0 Å². The predicted octanol–water partition coefficient (Wildman–Crippen LogP) is 3.22. The molecule has 0 N–H and O–H groups in total. The number of hydrogen-bond donors (Lipinski definition) is 0. The number of carbonyl (C=O) groups excluding carboxylic acids is 1. The highest BCUT2D eigenvalue weighted by molar-refractivity contribution is 6.16. The summed E-state index contributed by atoms with van der Waals surface area (Å²) in [5.41, 5.74) is 3.30. The molecule has 0 atom stereocenters. The highest BCUT2D eigenvalue weighted by Gasteiger charge is 2.23. The normalized spacial score (nSPS) is 14.2. The van der Waals surface area contributed by atoms with Crippen LogP contribution in [0.4, 0.5) is 0 Å². The van der Waals surface area contributed by atoms with Gasteiger partial charge in [-0.05, 0) is 37.0 Å². The van der Waals surface area contributed by atoms with Gasteiger partial charge in [0.05, 0.1) is 48.2 Å². The molecule has 0 amide bonds. The minimum atomic E-state index is -0.360. The van der Waals surface area contributed by atoms with Gasteiger partial charge in [-0.2, -0.15) is 0 Å². The Morgan fingerprint density at radius 2 is 2.24 bits per heavy atom. The summed E-state index contributed by atoms with van der Waals surface area (Å²) in [6, 6.07) is 5.36. The summed E-state index contributed by atoms with van der Waals surface area (Å²) in [4.78, 5) is 20.7. The molecule has 1 aliphatic carbocycles. The van der Waals surface area contributed by atoms with Gasteiger partial charge in [0, 0.05) is 12.7 Å². The molecule has 0 spiro atoms. The smallest absolute Gasteiger partial charge is 0.337 e. The molecule has 4 rings (SSSR count). The van der Waals surface area contributed by atoms with E-state index in [0.717, 1.165) is 35.0 Å². The largest absolute Gasteiger partial charge is 0.465 e. The van der Waals surface area contributed by atoms with Gasteiger partial charge in [-0.25, -0.2) is 14.8 Å². The van der Waals surface area contributed by atoms with Crippen LogP contribution in [0.25, 0.3) is 11.0 Å². The minimum absolute atomic E-state index is 0.305. The number of aromatic nitrogens is 4. The number of ether oxygens (including phenoxy) is 1. The van der Waals surface area contributed by atoms with Crippen LogP contribution in [0.1, 0.15) is 34.7 Å². The van der Waals surface area contributed by atoms with Crippen molar-refractivity contribution in [1.82, 2.24) is 19.1 Å². The third-order valence-electron chi connectivity index (χ3n) is 4.64. The van der Waals surface area contributed by atoms with Crippen LogP contribution in [0.5, 0.6) is 0 Å². The van der Waals surface area contributed by atoms with Crippen LogP contribution in [-0.4, -0.2) is 32.2 Å². The lowest BCUT2D eigenvalue weighted by atomic mass is 10.2. The summed E-state index contributed by atoms with van der Waals surface area (Å²) in [7, 11) is 1.38. The quantitative estimate of drug-likeness (QED) is 0.501. The van der Waals surface area contributed by atoms with Gasteiger partial charge in [0.1, 0.15) is 5.82 Å². The van der Waals surface area contributed by atoms with E-state index < -0.39 is 0 Å². The zero-order chi connectivity index (χ0) is 17.4. The lowest BCUT2D eigenvalue weighted by Crippen LogP contribution is -2.10. The number of benzene rings is 1. The lowest BCUT2D eigenvalue weighted by Gasteiger charge is -2.11.